The zero-order valence-corrected chi connectivity index (χ0v) is 11.5. The fourth-order valence-corrected chi connectivity index (χ4v) is 1.85. The fourth-order valence-electron chi connectivity index (χ4n) is 1.34. The smallest absolute Gasteiger partial charge is 0.270 e. The Morgan fingerprint density at radius 2 is 2.17 bits per heavy atom. The first-order valence-electron chi connectivity index (χ1n) is 5.38. The highest BCUT2D eigenvalue weighted by Gasteiger charge is 2.08. The van der Waals surface area contributed by atoms with Crippen LogP contribution in [0.4, 0.5) is 5.69 Å². The van der Waals surface area contributed by atoms with Crippen LogP contribution in [0.5, 0.6) is 0 Å². The first kappa shape index (κ1) is 14.6. The van der Waals surface area contributed by atoms with Crippen molar-refractivity contribution >= 4 is 27.5 Å². The summed E-state index contributed by atoms with van der Waals surface area (Å²) in [6.45, 7) is 3.24. The van der Waals surface area contributed by atoms with Crippen molar-refractivity contribution < 1.29 is 9.72 Å². The molecule has 1 aromatic carbocycles. The van der Waals surface area contributed by atoms with Gasteiger partial charge in [-0.2, -0.15) is 0 Å². The number of non-ortho nitro benzene ring substituents is 1. The van der Waals surface area contributed by atoms with Gasteiger partial charge in [0.2, 0.25) is 5.91 Å². The third-order valence-corrected chi connectivity index (χ3v) is 2.98. The second kappa shape index (κ2) is 7.07. The molecule has 0 aliphatic rings. The summed E-state index contributed by atoms with van der Waals surface area (Å²) in [6, 6.07) is 4.65. The summed E-state index contributed by atoms with van der Waals surface area (Å²) in [4.78, 5) is 20.7. The maximum absolute atomic E-state index is 10.6. The van der Waals surface area contributed by atoms with E-state index in [4.69, 9.17) is 0 Å². The second-order valence-corrected chi connectivity index (χ2v) is 4.55. The molecule has 0 spiro atoms. The molecule has 0 aromatic heterocycles. The van der Waals surface area contributed by atoms with Crippen LogP contribution in [0.2, 0.25) is 0 Å². The van der Waals surface area contributed by atoms with Crippen molar-refractivity contribution in [2.45, 2.75) is 13.5 Å². The Labute approximate surface area is 113 Å². The van der Waals surface area contributed by atoms with Crippen LogP contribution in [0, 0.1) is 10.1 Å². The van der Waals surface area contributed by atoms with E-state index in [2.05, 4.69) is 26.6 Å². The molecule has 6 nitrogen and oxygen atoms in total. The minimum absolute atomic E-state index is 0.0591. The molecule has 0 bridgehead atoms. The summed E-state index contributed by atoms with van der Waals surface area (Å²) in [6.07, 6.45) is 0. The summed E-state index contributed by atoms with van der Waals surface area (Å²) in [5, 5.41) is 16.4. The lowest BCUT2D eigenvalue weighted by atomic mass is 10.2. The predicted octanol–water partition coefficient (Wildman–Crippen LogP) is 1.58. The molecule has 0 fully saturated rings. The summed E-state index contributed by atoms with van der Waals surface area (Å²) in [5.74, 6) is -0.0617. The van der Waals surface area contributed by atoms with Crippen molar-refractivity contribution in [2.75, 3.05) is 13.1 Å². The number of nitrogens with one attached hydrogen (secondary N) is 2. The molecular weight excluding hydrogens is 302 g/mol. The van der Waals surface area contributed by atoms with Gasteiger partial charge in [0.15, 0.2) is 0 Å². The standard InChI is InChI=1S/C11H14BrN3O3/c1-8(16)14-5-4-13-7-9-2-3-10(15(17)18)6-11(9)12/h2-3,6,13H,4-5,7H2,1H3,(H,14,16). The lowest BCUT2D eigenvalue weighted by molar-refractivity contribution is -0.384. The highest BCUT2D eigenvalue weighted by molar-refractivity contribution is 9.10. The molecule has 0 saturated heterocycles. The number of nitrogens with zero attached hydrogens (tertiary/aromatic N) is 1. The van der Waals surface area contributed by atoms with Crippen LogP contribution >= 0.6 is 15.9 Å². The fraction of sp³-hybridized carbons (Fsp3) is 0.364. The van der Waals surface area contributed by atoms with Gasteiger partial charge in [0.1, 0.15) is 0 Å². The van der Waals surface area contributed by atoms with Crippen molar-refractivity contribution in [1.82, 2.24) is 10.6 Å². The van der Waals surface area contributed by atoms with Gasteiger partial charge in [0.25, 0.3) is 5.69 Å². The molecule has 0 atom stereocenters. The van der Waals surface area contributed by atoms with Gasteiger partial charge in [-0.3, -0.25) is 14.9 Å². The van der Waals surface area contributed by atoms with Gasteiger partial charge in [-0.25, -0.2) is 0 Å². The Morgan fingerprint density at radius 3 is 2.72 bits per heavy atom. The molecule has 0 unspecified atom stereocenters. The first-order valence-corrected chi connectivity index (χ1v) is 6.18. The van der Waals surface area contributed by atoms with Crippen LogP contribution in [-0.2, 0) is 11.3 Å². The summed E-state index contributed by atoms with van der Waals surface area (Å²) in [5.41, 5.74) is 0.993. The van der Waals surface area contributed by atoms with Crippen molar-refractivity contribution in [3.63, 3.8) is 0 Å². The molecule has 0 radical (unpaired) electrons. The van der Waals surface area contributed by atoms with Crippen LogP contribution in [0.25, 0.3) is 0 Å². The van der Waals surface area contributed by atoms with Gasteiger partial charge in [-0.15, -0.1) is 0 Å². The SMILES string of the molecule is CC(=O)NCCNCc1ccc([N+](=O)[O-])cc1Br. The molecular formula is C11H14BrN3O3. The van der Waals surface area contributed by atoms with Crippen LogP contribution in [-0.4, -0.2) is 23.9 Å². The number of hydrogen-bond donors (Lipinski definition) is 2. The summed E-state index contributed by atoms with van der Waals surface area (Å²) < 4.78 is 0.698. The molecule has 0 aliphatic carbocycles. The average molecular weight is 316 g/mol. The number of amides is 1. The number of halogens is 1. The molecule has 2 N–H and O–H groups in total. The quantitative estimate of drug-likeness (QED) is 0.474. The van der Waals surface area contributed by atoms with Gasteiger partial charge in [-0.05, 0) is 11.6 Å². The van der Waals surface area contributed by atoms with Crippen molar-refractivity contribution in [2.24, 2.45) is 0 Å². The average Bonchev–Trinajstić information content (AvgIpc) is 2.29. The zero-order chi connectivity index (χ0) is 13.5. The van der Waals surface area contributed by atoms with Crippen molar-refractivity contribution in [1.29, 1.82) is 0 Å². The molecule has 7 heteroatoms. The molecule has 0 saturated carbocycles. The maximum atomic E-state index is 10.6. The second-order valence-electron chi connectivity index (χ2n) is 3.69. The molecule has 1 aromatic rings. The minimum atomic E-state index is -0.432. The highest BCUT2D eigenvalue weighted by Crippen LogP contribution is 2.22. The Morgan fingerprint density at radius 1 is 1.44 bits per heavy atom. The number of carbonyl (C=O) groups excluding carboxylic acids is 1. The van der Waals surface area contributed by atoms with Gasteiger partial charge in [0, 0.05) is 43.2 Å². The van der Waals surface area contributed by atoms with E-state index in [9.17, 15) is 14.9 Å². The minimum Gasteiger partial charge on any atom is -0.355 e. The van der Waals surface area contributed by atoms with E-state index >= 15 is 0 Å². The highest BCUT2D eigenvalue weighted by atomic mass is 79.9. The lowest BCUT2D eigenvalue weighted by Crippen LogP contribution is -2.29. The lowest BCUT2D eigenvalue weighted by Gasteiger charge is -2.07. The van der Waals surface area contributed by atoms with E-state index in [0.717, 1.165) is 5.56 Å². The normalized spacial score (nSPS) is 10.1. The largest absolute Gasteiger partial charge is 0.355 e. The van der Waals surface area contributed by atoms with E-state index in [1.807, 2.05) is 0 Å². The Hall–Kier alpha value is -1.47. The summed E-state index contributed by atoms with van der Waals surface area (Å²) in [7, 11) is 0. The van der Waals surface area contributed by atoms with Gasteiger partial charge in [0.05, 0.1) is 4.92 Å². The summed E-state index contributed by atoms with van der Waals surface area (Å²) >= 11 is 3.29. The Bertz CT molecular complexity index is 451. The van der Waals surface area contributed by atoms with E-state index < -0.39 is 4.92 Å². The first-order chi connectivity index (χ1) is 8.50. The van der Waals surface area contributed by atoms with E-state index in [-0.39, 0.29) is 11.6 Å². The monoisotopic (exact) mass is 315 g/mol. The maximum Gasteiger partial charge on any atom is 0.270 e. The number of hydrogen-bond acceptors (Lipinski definition) is 4. The number of nitro benzene ring substituents is 1. The van der Waals surface area contributed by atoms with Crippen molar-refractivity contribution in [3.05, 3.63) is 38.3 Å². The van der Waals surface area contributed by atoms with Gasteiger partial charge in [-0.1, -0.05) is 15.9 Å². The Balaban J connectivity index is 2.43. The molecule has 18 heavy (non-hydrogen) atoms. The van der Waals surface area contributed by atoms with Crippen LogP contribution in [0.3, 0.4) is 0 Å². The van der Waals surface area contributed by atoms with Gasteiger partial charge < -0.3 is 10.6 Å². The molecule has 1 amide bonds. The molecule has 0 heterocycles. The topological polar surface area (TPSA) is 84.3 Å². The Kier molecular flexibility index (Phi) is 5.73. The number of nitro groups is 1. The molecule has 98 valence electrons. The van der Waals surface area contributed by atoms with E-state index in [0.29, 0.717) is 24.1 Å². The van der Waals surface area contributed by atoms with Crippen LogP contribution in [0.1, 0.15) is 12.5 Å². The molecule has 1 rings (SSSR count). The third-order valence-electron chi connectivity index (χ3n) is 2.24. The van der Waals surface area contributed by atoms with Crippen LogP contribution in [0.15, 0.2) is 22.7 Å². The van der Waals surface area contributed by atoms with Crippen LogP contribution < -0.4 is 10.6 Å². The van der Waals surface area contributed by atoms with Gasteiger partial charge >= 0.3 is 0 Å². The van der Waals surface area contributed by atoms with E-state index in [1.165, 1.54) is 19.1 Å². The third kappa shape index (κ3) is 4.80. The van der Waals surface area contributed by atoms with Crippen molar-refractivity contribution in [3.8, 4) is 0 Å². The number of carbonyl (C=O) groups is 1. The number of rotatable bonds is 6. The number of benzene rings is 1. The van der Waals surface area contributed by atoms with E-state index in [1.54, 1.807) is 6.07 Å². The molecule has 0 aliphatic heterocycles. The zero-order valence-electron chi connectivity index (χ0n) is 9.90. The predicted molar refractivity (Wildman–Crippen MR) is 71.2 cm³/mol.